The van der Waals surface area contributed by atoms with Gasteiger partial charge in [-0.25, -0.2) is 4.39 Å². The van der Waals surface area contributed by atoms with Gasteiger partial charge in [-0.2, -0.15) is 0 Å². The van der Waals surface area contributed by atoms with Crippen molar-refractivity contribution in [1.29, 1.82) is 0 Å². The Hall–Kier alpha value is -1.18. The summed E-state index contributed by atoms with van der Waals surface area (Å²) in [4.78, 5) is 18.2. The molecule has 1 saturated heterocycles. The van der Waals surface area contributed by atoms with E-state index in [9.17, 15) is 9.18 Å². The van der Waals surface area contributed by atoms with Crippen LogP contribution in [0.15, 0.2) is 30.3 Å². The molecule has 0 radical (unpaired) electrons. The van der Waals surface area contributed by atoms with Gasteiger partial charge in [0.1, 0.15) is 5.82 Å². The van der Waals surface area contributed by atoms with Crippen molar-refractivity contribution in [3.8, 4) is 0 Å². The quantitative estimate of drug-likeness (QED) is 0.788. The van der Waals surface area contributed by atoms with Gasteiger partial charge in [0.05, 0.1) is 16.1 Å². The molecule has 3 rings (SSSR count). The molecule has 1 atom stereocenters. The number of anilines is 1. The molecule has 0 aliphatic carbocycles. The Morgan fingerprint density at radius 1 is 1.23 bits per heavy atom. The third-order valence-electron chi connectivity index (χ3n) is 4.53. The maximum absolute atomic E-state index is 13.8. The highest BCUT2D eigenvalue weighted by molar-refractivity contribution is 7.16. The average molecular weight is 416 g/mol. The number of carbonyl (C=O) groups is 1. The fourth-order valence-electron chi connectivity index (χ4n) is 2.96. The molecule has 1 amide bonds. The van der Waals surface area contributed by atoms with Gasteiger partial charge in [-0.05, 0) is 37.3 Å². The SMILES string of the molecule is CC(C(=O)Nc1cc(Cl)ccc1F)N1CCN(Cc2ccc(Cl)s2)CC1. The lowest BCUT2D eigenvalue weighted by atomic mass is 10.2. The average Bonchev–Trinajstić information content (AvgIpc) is 3.03. The Kier molecular flexibility index (Phi) is 6.53. The van der Waals surface area contributed by atoms with E-state index in [1.165, 1.54) is 23.1 Å². The van der Waals surface area contributed by atoms with E-state index in [0.29, 0.717) is 5.02 Å². The van der Waals surface area contributed by atoms with Crippen LogP contribution in [0.3, 0.4) is 0 Å². The van der Waals surface area contributed by atoms with Crippen LogP contribution in [0.5, 0.6) is 0 Å². The Bertz CT molecular complexity index is 778. The summed E-state index contributed by atoms with van der Waals surface area (Å²) in [6.07, 6.45) is 0. The molecule has 140 valence electrons. The van der Waals surface area contributed by atoms with Crippen molar-refractivity contribution < 1.29 is 9.18 Å². The Balaban J connectivity index is 1.51. The van der Waals surface area contributed by atoms with Gasteiger partial charge in [-0.3, -0.25) is 14.6 Å². The van der Waals surface area contributed by atoms with E-state index < -0.39 is 5.82 Å². The van der Waals surface area contributed by atoms with Gasteiger partial charge in [-0.15, -0.1) is 11.3 Å². The number of benzene rings is 1. The maximum atomic E-state index is 13.8. The minimum Gasteiger partial charge on any atom is -0.322 e. The van der Waals surface area contributed by atoms with E-state index in [4.69, 9.17) is 23.2 Å². The van der Waals surface area contributed by atoms with E-state index in [2.05, 4.69) is 21.2 Å². The highest BCUT2D eigenvalue weighted by Crippen LogP contribution is 2.23. The molecular formula is C18H20Cl2FN3OS. The fourth-order valence-corrected chi connectivity index (χ4v) is 4.26. The number of rotatable bonds is 5. The Morgan fingerprint density at radius 2 is 1.96 bits per heavy atom. The number of halogens is 3. The lowest BCUT2D eigenvalue weighted by molar-refractivity contribution is -0.121. The minimum atomic E-state index is -0.491. The smallest absolute Gasteiger partial charge is 0.241 e. The zero-order valence-electron chi connectivity index (χ0n) is 14.3. The van der Waals surface area contributed by atoms with Crippen molar-refractivity contribution >= 4 is 46.1 Å². The van der Waals surface area contributed by atoms with Crippen molar-refractivity contribution in [3.63, 3.8) is 0 Å². The highest BCUT2D eigenvalue weighted by Gasteiger charge is 2.26. The molecular weight excluding hydrogens is 396 g/mol. The van der Waals surface area contributed by atoms with Gasteiger partial charge in [0.15, 0.2) is 0 Å². The lowest BCUT2D eigenvalue weighted by Crippen LogP contribution is -2.52. The highest BCUT2D eigenvalue weighted by atomic mass is 35.5. The number of piperazine rings is 1. The zero-order chi connectivity index (χ0) is 18.7. The topological polar surface area (TPSA) is 35.6 Å². The van der Waals surface area contributed by atoms with Gasteiger partial charge >= 0.3 is 0 Å². The minimum absolute atomic E-state index is 0.113. The van der Waals surface area contributed by atoms with Crippen LogP contribution < -0.4 is 5.32 Å². The molecule has 0 bridgehead atoms. The molecule has 26 heavy (non-hydrogen) atoms. The van der Waals surface area contributed by atoms with E-state index in [0.717, 1.165) is 37.1 Å². The number of hydrogen-bond acceptors (Lipinski definition) is 4. The first-order valence-corrected chi connectivity index (χ1v) is 9.96. The first kappa shape index (κ1) is 19.6. The molecule has 1 fully saturated rings. The van der Waals surface area contributed by atoms with Crippen molar-refractivity contribution in [2.45, 2.75) is 19.5 Å². The molecule has 4 nitrogen and oxygen atoms in total. The summed E-state index contributed by atoms with van der Waals surface area (Å²) in [6, 6.07) is 7.75. The fraction of sp³-hybridized carbons (Fsp3) is 0.389. The van der Waals surface area contributed by atoms with Crippen LogP contribution in [-0.2, 0) is 11.3 Å². The molecule has 2 aromatic rings. The Labute approximate surface area is 166 Å². The third-order valence-corrected chi connectivity index (χ3v) is 5.98. The zero-order valence-corrected chi connectivity index (χ0v) is 16.7. The molecule has 1 aromatic carbocycles. The summed E-state index contributed by atoms with van der Waals surface area (Å²) in [6.45, 7) is 6.03. The molecule has 0 spiro atoms. The summed E-state index contributed by atoms with van der Waals surface area (Å²) in [5, 5.41) is 3.02. The number of carbonyl (C=O) groups excluding carboxylic acids is 1. The molecule has 1 aliphatic rings. The Morgan fingerprint density at radius 3 is 2.62 bits per heavy atom. The summed E-state index contributed by atoms with van der Waals surface area (Å²) >= 11 is 13.4. The van der Waals surface area contributed by atoms with Crippen LogP contribution in [-0.4, -0.2) is 47.9 Å². The van der Waals surface area contributed by atoms with E-state index in [1.54, 1.807) is 11.3 Å². The van der Waals surface area contributed by atoms with E-state index in [1.807, 2.05) is 13.0 Å². The van der Waals surface area contributed by atoms with Crippen molar-refractivity contribution in [2.24, 2.45) is 0 Å². The predicted molar refractivity (Wildman–Crippen MR) is 106 cm³/mol. The van der Waals surface area contributed by atoms with Gasteiger partial charge in [-0.1, -0.05) is 23.2 Å². The van der Waals surface area contributed by atoms with Crippen LogP contribution in [0.4, 0.5) is 10.1 Å². The summed E-state index contributed by atoms with van der Waals surface area (Å²) in [5.41, 5.74) is 0.113. The van der Waals surface area contributed by atoms with Crippen LogP contribution in [0.1, 0.15) is 11.8 Å². The third kappa shape index (κ3) is 4.96. The first-order chi connectivity index (χ1) is 12.4. The van der Waals surface area contributed by atoms with Gasteiger partial charge < -0.3 is 5.32 Å². The molecule has 2 heterocycles. The molecule has 8 heteroatoms. The second-order valence-electron chi connectivity index (χ2n) is 6.31. The lowest BCUT2D eigenvalue weighted by Gasteiger charge is -2.37. The standard InChI is InChI=1S/C18H20Cl2FN3OS/c1-12(18(25)22-16-10-13(19)2-4-15(16)21)24-8-6-23(7-9-24)11-14-3-5-17(20)26-14/h2-5,10,12H,6-9,11H2,1H3,(H,22,25). The number of hydrogen-bond donors (Lipinski definition) is 1. The van der Waals surface area contributed by atoms with Crippen LogP contribution >= 0.6 is 34.5 Å². The molecule has 1 aliphatic heterocycles. The van der Waals surface area contributed by atoms with Gasteiger partial charge in [0.2, 0.25) is 5.91 Å². The molecule has 0 saturated carbocycles. The summed E-state index contributed by atoms with van der Waals surface area (Å²) in [7, 11) is 0. The molecule has 1 unspecified atom stereocenters. The van der Waals surface area contributed by atoms with Crippen molar-refractivity contribution in [2.75, 3.05) is 31.5 Å². The number of amides is 1. The maximum Gasteiger partial charge on any atom is 0.241 e. The van der Waals surface area contributed by atoms with Crippen LogP contribution in [0.2, 0.25) is 9.36 Å². The molecule has 1 N–H and O–H groups in total. The predicted octanol–water partition coefficient (Wildman–Crippen LogP) is 4.34. The largest absolute Gasteiger partial charge is 0.322 e. The number of nitrogens with one attached hydrogen (secondary N) is 1. The summed E-state index contributed by atoms with van der Waals surface area (Å²) < 4.78 is 14.6. The molecule has 1 aromatic heterocycles. The number of thiophene rings is 1. The number of nitrogens with zero attached hydrogens (tertiary/aromatic N) is 2. The first-order valence-electron chi connectivity index (χ1n) is 8.39. The second kappa shape index (κ2) is 8.67. The van der Waals surface area contributed by atoms with E-state index in [-0.39, 0.29) is 17.6 Å². The van der Waals surface area contributed by atoms with Crippen molar-refractivity contribution in [1.82, 2.24) is 9.80 Å². The van der Waals surface area contributed by atoms with Gasteiger partial charge in [0, 0.05) is 42.6 Å². The van der Waals surface area contributed by atoms with Crippen molar-refractivity contribution in [3.05, 3.63) is 50.4 Å². The monoisotopic (exact) mass is 415 g/mol. The van der Waals surface area contributed by atoms with Crippen LogP contribution in [0, 0.1) is 5.82 Å². The normalized spacial score (nSPS) is 17.2. The summed E-state index contributed by atoms with van der Waals surface area (Å²) in [5.74, 6) is -0.723. The van der Waals surface area contributed by atoms with Gasteiger partial charge in [0.25, 0.3) is 0 Å². The van der Waals surface area contributed by atoms with Crippen LogP contribution in [0.25, 0.3) is 0 Å². The second-order valence-corrected chi connectivity index (χ2v) is 8.54. The van der Waals surface area contributed by atoms with E-state index >= 15 is 0 Å².